The van der Waals surface area contributed by atoms with Gasteiger partial charge in [-0.15, -0.1) is 0 Å². The van der Waals surface area contributed by atoms with E-state index in [9.17, 15) is 4.39 Å². The predicted octanol–water partition coefficient (Wildman–Crippen LogP) is 6.78. The maximum absolute atomic E-state index is 13.5. The molecule has 2 heteroatoms. The van der Waals surface area contributed by atoms with Crippen molar-refractivity contribution in [3.8, 4) is 0 Å². The molecule has 0 amide bonds. The number of rotatable bonds is 4. The van der Waals surface area contributed by atoms with Crippen LogP contribution < -0.4 is 0 Å². The minimum absolute atomic E-state index is 0.155. The highest BCUT2D eigenvalue weighted by Crippen LogP contribution is 2.37. The first kappa shape index (κ1) is 17.3. The van der Waals surface area contributed by atoms with Crippen LogP contribution in [-0.2, 0) is 12.8 Å². The highest BCUT2D eigenvalue weighted by atomic mass is 19.1. The quantitative estimate of drug-likeness (QED) is 0.500. The molecule has 2 aromatic carbocycles. The topological polar surface area (TPSA) is 15.8 Å². The number of benzene rings is 2. The van der Waals surface area contributed by atoms with E-state index in [0.717, 1.165) is 23.2 Å². The number of fused-ring (bicyclic) bond motifs is 1. The molecule has 1 fully saturated rings. The third-order valence-corrected chi connectivity index (χ3v) is 6.00. The SMILES string of the molecule is CCc1cccc(C[C@@H]2CCCCC(c3cc4cc(F)ccc4[nH]3)C2)c1. The second-order valence-corrected chi connectivity index (χ2v) is 7.92. The van der Waals surface area contributed by atoms with Gasteiger partial charge in [0.25, 0.3) is 0 Å². The van der Waals surface area contributed by atoms with Crippen LogP contribution in [0, 0.1) is 11.7 Å². The van der Waals surface area contributed by atoms with Crippen molar-refractivity contribution in [1.82, 2.24) is 4.98 Å². The van der Waals surface area contributed by atoms with E-state index in [2.05, 4.69) is 42.2 Å². The molecule has 3 aromatic rings. The minimum atomic E-state index is -0.155. The molecule has 1 aromatic heterocycles. The van der Waals surface area contributed by atoms with Crippen LogP contribution in [0.15, 0.2) is 48.5 Å². The van der Waals surface area contributed by atoms with Crippen molar-refractivity contribution >= 4 is 10.9 Å². The highest BCUT2D eigenvalue weighted by Gasteiger charge is 2.23. The summed E-state index contributed by atoms with van der Waals surface area (Å²) in [6, 6.07) is 16.3. The monoisotopic (exact) mass is 349 g/mol. The molecule has 1 nitrogen and oxygen atoms in total. The summed E-state index contributed by atoms with van der Waals surface area (Å²) in [5, 5.41) is 0.997. The van der Waals surface area contributed by atoms with Crippen LogP contribution in [0.5, 0.6) is 0 Å². The first-order valence-corrected chi connectivity index (χ1v) is 10.1. The van der Waals surface area contributed by atoms with Gasteiger partial charge in [0.15, 0.2) is 0 Å². The Balaban J connectivity index is 1.52. The van der Waals surface area contributed by atoms with Crippen LogP contribution >= 0.6 is 0 Å². The van der Waals surface area contributed by atoms with Gasteiger partial charge >= 0.3 is 0 Å². The van der Waals surface area contributed by atoms with Gasteiger partial charge in [-0.05, 0) is 72.9 Å². The van der Waals surface area contributed by atoms with Gasteiger partial charge in [0.05, 0.1) is 0 Å². The first-order chi connectivity index (χ1) is 12.7. The zero-order chi connectivity index (χ0) is 17.9. The Morgan fingerprint density at radius 1 is 1.00 bits per heavy atom. The molecule has 1 aliphatic rings. The van der Waals surface area contributed by atoms with E-state index in [1.54, 1.807) is 12.1 Å². The summed E-state index contributed by atoms with van der Waals surface area (Å²) in [5.41, 5.74) is 5.26. The van der Waals surface area contributed by atoms with E-state index in [1.807, 2.05) is 6.07 Å². The molecule has 1 unspecified atom stereocenters. The van der Waals surface area contributed by atoms with Crippen LogP contribution in [0.4, 0.5) is 4.39 Å². The predicted molar refractivity (Wildman–Crippen MR) is 107 cm³/mol. The van der Waals surface area contributed by atoms with E-state index in [1.165, 1.54) is 55.3 Å². The Morgan fingerprint density at radius 2 is 1.85 bits per heavy atom. The summed E-state index contributed by atoms with van der Waals surface area (Å²) < 4.78 is 13.5. The molecule has 1 aliphatic carbocycles. The van der Waals surface area contributed by atoms with Gasteiger partial charge in [-0.3, -0.25) is 0 Å². The van der Waals surface area contributed by atoms with E-state index >= 15 is 0 Å². The van der Waals surface area contributed by atoms with Gasteiger partial charge in [-0.1, -0.05) is 50.5 Å². The van der Waals surface area contributed by atoms with E-state index in [4.69, 9.17) is 0 Å². The third kappa shape index (κ3) is 3.85. The Kier molecular flexibility index (Phi) is 5.10. The Bertz CT molecular complexity index is 879. The lowest BCUT2D eigenvalue weighted by molar-refractivity contribution is 0.429. The maximum atomic E-state index is 13.5. The molecule has 136 valence electrons. The fourth-order valence-electron chi connectivity index (χ4n) is 4.59. The average molecular weight is 349 g/mol. The summed E-state index contributed by atoms with van der Waals surface area (Å²) in [4.78, 5) is 3.56. The van der Waals surface area contributed by atoms with Crippen molar-refractivity contribution in [3.63, 3.8) is 0 Å². The van der Waals surface area contributed by atoms with E-state index < -0.39 is 0 Å². The average Bonchev–Trinajstić information content (AvgIpc) is 2.93. The number of hydrogen-bond acceptors (Lipinski definition) is 0. The van der Waals surface area contributed by atoms with Crippen LogP contribution in [0.25, 0.3) is 10.9 Å². The minimum Gasteiger partial charge on any atom is -0.358 e. The largest absolute Gasteiger partial charge is 0.358 e. The molecule has 0 radical (unpaired) electrons. The van der Waals surface area contributed by atoms with Gasteiger partial charge in [0.2, 0.25) is 0 Å². The van der Waals surface area contributed by atoms with Gasteiger partial charge in [0.1, 0.15) is 5.82 Å². The van der Waals surface area contributed by atoms with E-state index in [0.29, 0.717) is 5.92 Å². The van der Waals surface area contributed by atoms with Crippen molar-refractivity contribution in [2.45, 2.75) is 57.8 Å². The molecule has 4 rings (SSSR count). The summed E-state index contributed by atoms with van der Waals surface area (Å²) >= 11 is 0. The van der Waals surface area contributed by atoms with Gasteiger partial charge in [-0.25, -0.2) is 4.39 Å². The lowest BCUT2D eigenvalue weighted by Gasteiger charge is -2.20. The Labute approximate surface area is 155 Å². The second kappa shape index (κ2) is 7.65. The van der Waals surface area contributed by atoms with Crippen molar-refractivity contribution in [2.75, 3.05) is 0 Å². The Hall–Kier alpha value is -2.09. The molecule has 26 heavy (non-hydrogen) atoms. The lowest BCUT2D eigenvalue weighted by Crippen LogP contribution is -2.08. The third-order valence-electron chi connectivity index (χ3n) is 6.00. The first-order valence-electron chi connectivity index (χ1n) is 10.1. The number of aromatic amines is 1. The number of aromatic nitrogens is 1. The smallest absolute Gasteiger partial charge is 0.123 e. The molecular weight excluding hydrogens is 321 g/mol. The fraction of sp³-hybridized carbons (Fsp3) is 0.417. The maximum Gasteiger partial charge on any atom is 0.123 e. The number of halogens is 1. The zero-order valence-corrected chi connectivity index (χ0v) is 15.6. The van der Waals surface area contributed by atoms with Crippen molar-refractivity contribution in [3.05, 3.63) is 71.2 Å². The molecule has 0 bridgehead atoms. The molecule has 1 N–H and O–H groups in total. The van der Waals surface area contributed by atoms with Crippen LogP contribution in [0.2, 0.25) is 0 Å². The van der Waals surface area contributed by atoms with Gasteiger partial charge in [0, 0.05) is 16.6 Å². The number of hydrogen-bond donors (Lipinski definition) is 1. The number of H-pyrrole nitrogens is 1. The van der Waals surface area contributed by atoms with Crippen molar-refractivity contribution in [1.29, 1.82) is 0 Å². The number of aryl methyl sites for hydroxylation is 1. The molecule has 2 atom stereocenters. The standard InChI is InChI=1S/C24H28FN/c1-2-17-7-5-8-18(12-17)13-19-6-3-4-9-20(14-19)24-16-21-15-22(25)10-11-23(21)26-24/h5,7-8,10-12,15-16,19-20,26H,2-4,6,9,13-14H2,1H3/t19-,20?/m0/s1. The highest BCUT2D eigenvalue weighted by molar-refractivity contribution is 5.80. The normalized spacial score (nSPS) is 21.0. The van der Waals surface area contributed by atoms with Gasteiger partial charge < -0.3 is 4.98 Å². The molecule has 0 spiro atoms. The fourth-order valence-corrected chi connectivity index (χ4v) is 4.59. The molecule has 1 saturated carbocycles. The number of nitrogens with one attached hydrogen (secondary N) is 1. The second-order valence-electron chi connectivity index (χ2n) is 7.92. The van der Waals surface area contributed by atoms with Crippen LogP contribution in [0.1, 0.15) is 61.8 Å². The van der Waals surface area contributed by atoms with Gasteiger partial charge in [-0.2, -0.15) is 0 Å². The van der Waals surface area contributed by atoms with Crippen LogP contribution in [0.3, 0.4) is 0 Å². The van der Waals surface area contributed by atoms with Crippen molar-refractivity contribution < 1.29 is 4.39 Å². The van der Waals surface area contributed by atoms with E-state index in [-0.39, 0.29) is 5.82 Å². The molecule has 1 heterocycles. The molecule has 0 saturated heterocycles. The summed E-state index contributed by atoms with van der Waals surface area (Å²) in [6.45, 7) is 2.22. The molecule has 0 aliphatic heterocycles. The lowest BCUT2D eigenvalue weighted by atomic mass is 9.86. The molecular formula is C24H28FN. The van der Waals surface area contributed by atoms with Crippen LogP contribution in [-0.4, -0.2) is 4.98 Å². The van der Waals surface area contributed by atoms with Crippen molar-refractivity contribution in [2.24, 2.45) is 5.92 Å². The summed E-state index contributed by atoms with van der Waals surface area (Å²) in [5.74, 6) is 1.14. The summed E-state index contributed by atoms with van der Waals surface area (Å²) in [6.07, 6.45) is 8.68. The Morgan fingerprint density at radius 3 is 2.73 bits per heavy atom. The summed E-state index contributed by atoms with van der Waals surface area (Å²) in [7, 11) is 0. The zero-order valence-electron chi connectivity index (χ0n) is 15.6.